The summed E-state index contributed by atoms with van der Waals surface area (Å²) in [5.41, 5.74) is 1.44. The van der Waals surface area contributed by atoms with E-state index in [1.54, 1.807) is 36.2 Å². The average molecular weight is 265 g/mol. The van der Waals surface area contributed by atoms with Gasteiger partial charge in [-0.3, -0.25) is 9.69 Å². The second-order valence-corrected chi connectivity index (χ2v) is 4.37. The van der Waals surface area contributed by atoms with Crippen LogP contribution in [-0.4, -0.2) is 42.1 Å². The Hall–Kier alpha value is -1.88. The molecule has 19 heavy (non-hydrogen) atoms. The van der Waals surface area contributed by atoms with Gasteiger partial charge >= 0.3 is 11.9 Å². The minimum atomic E-state index is -0.823. The highest BCUT2D eigenvalue weighted by Gasteiger charge is 2.20. The number of nitrogens with zero attached hydrogens (tertiary/aromatic N) is 1. The number of carboxylic acid groups (broad SMARTS) is 1. The number of rotatable bonds is 6. The molecule has 1 unspecified atom stereocenters. The molecule has 0 aromatic heterocycles. The molecular formula is C14H19NO4. The third-order valence-electron chi connectivity index (χ3n) is 3.01. The van der Waals surface area contributed by atoms with Crippen molar-refractivity contribution in [1.29, 1.82) is 0 Å². The summed E-state index contributed by atoms with van der Waals surface area (Å²) in [6.45, 7) is 2.36. The third kappa shape index (κ3) is 4.06. The minimum Gasteiger partial charge on any atom is -0.480 e. The molecule has 0 amide bonds. The van der Waals surface area contributed by atoms with Gasteiger partial charge in [-0.15, -0.1) is 0 Å². The fraction of sp³-hybridized carbons (Fsp3) is 0.429. The Balaban J connectivity index is 2.72. The summed E-state index contributed by atoms with van der Waals surface area (Å²) in [7, 11) is 3.11. The minimum absolute atomic E-state index is 0.378. The second-order valence-electron chi connectivity index (χ2n) is 4.37. The fourth-order valence-corrected chi connectivity index (χ4v) is 1.94. The van der Waals surface area contributed by atoms with Gasteiger partial charge in [0.15, 0.2) is 0 Å². The zero-order valence-corrected chi connectivity index (χ0v) is 11.4. The van der Waals surface area contributed by atoms with E-state index in [0.29, 0.717) is 18.5 Å². The summed E-state index contributed by atoms with van der Waals surface area (Å²) in [4.78, 5) is 24.1. The molecule has 1 aromatic rings. The van der Waals surface area contributed by atoms with Crippen molar-refractivity contribution in [2.45, 2.75) is 25.9 Å². The van der Waals surface area contributed by atoms with Crippen LogP contribution in [0, 0.1) is 0 Å². The van der Waals surface area contributed by atoms with E-state index in [1.165, 1.54) is 7.11 Å². The lowest BCUT2D eigenvalue weighted by Gasteiger charge is -2.23. The molecule has 0 fully saturated rings. The molecule has 1 rings (SSSR count). The summed E-state index contributed by atoms with van der Waals surface area (Å²) in [5, 5.41) is 9.07. The first-order valence-electron chi connectivity index (χ1n) is 6.09. The van der Waals surface area contributed by atoms with E-state index in [-0.39, 0.29) is 5.97 Å². The number of methoxy groups -OCH3 is 1. The van der Waals surface area contributed by atoms with E-state index < -0.39 is 12.0 Å². The SMILES string of the molecule is CCC(C(=O)O)N(C)Cc1ccc(C(=O)OC)cc1. The Morgan fingerprint density at radius 1 is 1.32 bits per heavy atom. The van der Waals surface area contributed by atoms with E-state index in [4.69, 9.17) is 5.11 Å². The number of hydrogen-bond donors (Lipinski definition) is 1. The molecule has 5 heteroatoms. The average Bonchev–Trinajstić information content (AvgIpc) is 2.39. The van der Waals surface area contributed by atoms with Crippen LogP contribution in [0.3, 0.4) is 0 Å². The van der Waals surface area contributed by atoms with E-state index >= 15 is 0 Å². The zero-order chi connectivity index (χ0) is 14.4. The van der Waals surface area contributed by atoms with Gasteiger partial charge in [0.05, 0.1) is 12.7 Å². The number of ether oxygens (including phenoxy) is 1. The first-order chi connectivity index (χ1) is 8.99. The van der Waals surface area contributed by atoms with Crippen molar-refractivity contribution in [3.05, 3.63) is 35.4 Å². The number of hydrogen-bond acceptors (Lipinski definition) is 4. The number of carbonyl (C=O) groups is 2. The molecule has 1 N–H and O–H groups in total. The van der Waals surface area contributed by atoms with Crippen LogP contribution in [0.15, 0.2) is 24.3 Å². The number of esters is 1. The van der Waals surface area contributed by atoms with Crippen molar-refractivity contribution in [2.24, 2.45) is 0 Å². The van der Waals surface area contributed by atoms with Gasteiger partial charge in [0.1, 0.15) is 6.04 Å². The van der Waals surface area contributed by atoms with Crippen LogP contribution in [0.25, 0.3) is 0 Å². The maximum atomic E-state index is 11.3. The highest BCUT2D eigenvalue weighted by atomic mass is 16.5. The van der Waals surface area contributed by atoms with Gasteiger partial charge < -0.3 is 9.84 Å². The van der Waals surface area contributed by atoms with Gasteiger partial charge in [-0.05, 0) is 31.2 Å². The predicted molar refractivity (Wildman–Crippen MR) is 71.0 cm³/mol. The summed E-state index contributed by atoms with van der Waals surface area (Å²) >= 11 is 0. The first kappa shape index (κ1) is 15.2. The lowest BCUT2D eigenvalue weighted by Crippen LogP contribution is -2.37. The van der Waals surface area contributed by atoms with Crippen molar-refractivity contribution in [2.75, 3.05) is 14.2 Å². The molecule has 5 nitrogen and oxygen atoms in total. The molecule has 0 saturated carbocycles. The van der Waals surface area contributed by atoms with Crippen molar-refractivity contribution in [3.63, 3.8) is 0 Å². The van der Waals surface area contributed by atoms with Crippen molar-refractivity contribution in [3.8, 4) is 0 Å². The van der Waals surface area contributed by atoms with E-state index in [0.717, 1.165) is 5.56 Å². The first-order valence-corrected chi connectivity index (χ1v) is 6.09. The predicted octanol–water partition coefficient (Wildman–Crippen LogP) is 1.77. The number of carboxylic acids is 1. The number of likely N-dealkylation sites (N-methyl/N-ethyl adjacent to an activating group) is 1. The van der Waals surface area contributed by atoms with Crippen molar-refractivity contribution in [1.82, 2.24) is 4.90 Å². The Bertz CT molecular complexity index is 441. The molecule has 1 aromatic carbocycles. The molecule has 0 heterocycles. The molecule has 1 atom stereocenters. The molecule has 0 saturated heterocycles. The van der Waals surface area contributed by atoms with Gasteiger partial charge in [-0.25, -0.2) is 4.79 Å². The molecular weight excluding hydrogens is 246 g/mol. The highest BCUT2D eigenvalue weighted by Crippen LogP contribution is 2.11. The van der Waals surface area contributed by atoms with Gasteiger partial charge in [0, 0.05) is 6.54 Å². The van der Waals surface area contributed by atoms with Crippen LogP contribution in [0.2, 0.25) is 0 Å². The molecule has 0 bridgehead atoms. The lowest BCUT2D eigenvalue weighted by molar-refractivity contribution is -0.143. The monoisotopic (exact) mass is 265 g/mol. The largest absolute Gasteiger partial charge is 0.480 e. The Morgan fingerprint density at radius 2 is 1.89 bits per heavy atom. The molecule has 0 aliphatic heterocycles. The zero-order valence-electron chi connectivity index (χ0n) is 11.4. The van der Waals surface area contributed by atoms with Crippen LogP contribution >= 0.6 is 0 Å². The van der Waals surface area contributed by atoms with Crippen LogP contribution in [0.4, 0.5) is 0 Å². The van der Waals surface area contributed by atoms with Gasteiger partial charge in [0.2, 0.25) is 0 Å². The molecule has 0 spiro atoms. The van der Waals surface area contributed by atoms with Crippen molar-refractivity contribution >= 4 is 11.9 Å². The normalized spacial score (nSPS) is 12.2. The molecule has 0 radical (unpaired) electrons. The molecule has 0 aliphatic rings. The number of carbonyl (C=O) groups excluding carboxylic acids is 1. The second kappa shape index (κ2) is 6.89. The quantitative estimate of drug-likeness (QED) is 0.794. The van der Waals surface area contributed by atoms with Crippen molar-refractivity contribution < 1.29 is 19.4 Å². The summed E-state index contributed by atoms with van der Waals surface area (Å²) in [6.07, 6.45) is 0.548. The summed E-state index contributed by atoms with van der Waals surface area (Å²) in [6, 6.07) is 6.46. The van der Waals surface area contributed by atoms with Gasteiger partial charge in [0.25, 0.3) is 0 Å². The smallest absolute Gasteiger partial charge is 0.337 e. The van der Waals surface area contributed by atoms with Gasteiger partial charge in [-0.2, -0.15) is 0 Å². The topological polar surface area (TPSA) is 66.8 Å². The standard InChI is InChI=1S/C14H19NO4/c1-4-12(13(16)17)15(2)9-10-5-7-11(8-6-10)14(18)19-3/h5-8,12H,4,9H2,1-3H3,(H,16,17). The fourth-order valence-electron chi connectivity index (χ4n) is 1.94. The van der Waals surface area contributed by atoms with E-state index in [2.05, 4.69) is 4.74 Å². The Morgan fingerprint density at radius 3 is 2.32 bits per heavy atom. The lowest BCUT2D eigenvalue weighted by atomic mass is 10.1. The Labute approximate surface area is 112 Å². The maximum Gasteiger partial charge on any atom is 0.337 e. The summed E-state index contributed by atoms with van der Waals surface area (Å²) in [5.74, 6) is -1.20. The number of aliphatic carboxylic acids is 1. The Kier molecular flexibility index (Phi) is 5.51. The van der Waals surface area contributed by atoms with Crippen LogP contribution in [-0.2, 0) is 16.1 Å². The van der Waals surface area contributed by atoms with Crippen LogP contribution in [0.1, 0.15) is 29.3 Å². The van der Waals surface area contributed by atoms with E-state index in [1.807, 2.05) is 6.92 Å². The highest BCUT2D eigenvalue weighted by molar-refractivity contribution is 5.89. The summed E-state index contributed by atoms with van der Waals surface area (Å²) < 4.78 is 4.62. The van der Waals surface area contributed by atoms with Gasteiger partial charge in [-0.1, -0.05) is 19.1 Å². The number of benzene rings is 1. The molecule has 104 valence electrons. The third-order valence-corrected chi connectivity index (χ3v) is 3.01. The van der Waals surface area contributed by atoms with Crippen LogP contribution in [0.5, 0.6) is 0 Å². The van der Waals surface area contributed by atoms with E-state index in [9.17, 15) is 9.59 Å². The molecule has 0 aliphatic carbocycles. The maximum absolute atomic E-state index is 11.3. The van der Waals surface area contributed by atoms with Crippen LogP contribution < -0.4 is 0 Å².